The molecule has 0 unspecified atom stereocenters. The van der Waals surface area contributed by atoms with Crippen molar-refractivity contribution in [2.75, 3.05) is 0 Å². The van der Waals surface area contributed by atoms with E-state index < -0.39 is 0 Å². The Morgan fingerprint density at radius 1 is 0.526 bits per heavy atom. The molecular formula is C38H32. The van der Waals surface area contributed by atoms with Crippen molar-refractivity contribution in [2.24, 2.45) is 0 Å². The van der Waals surface area contributed by atoms with Gasteiger partial charge in [-0.25, -0.2) is 0 Å². The van der Waals surface area contributed by atoms with E-state index >= 15 is 0 Å². The number of aryl methyl sites for hydroxylation is 1. The van der Waals surface area contributed by atoms with Crippen molar-refractivity contribution in [3.8, 4) is 11.1 Å². The zero-order valence-electron chi connectivity index (χ0n) is 22.4. The molecule has 1 aliphatic carbocycles. The first kappa shape index (κ1) is 23.0. The molecule has 0 spiro atoms. The van der Waals surface area contributed by atoms with Gasteiger partial charge in [0, 0.05) is 0 Å². The van der Waals surface area contributed by atoms with E-state index in [1.54, 1.807) is 0 Å². The van der Waals surface area contributed by atoms with Crippen LogP contribution in [0.5, 0.6) is 0 Å². The van der Waals surface area contributed by atoms with Crippen molar-refractivity contribution in [3.63, 3.8) is 0 Å². The normalized spacial score (nSPS) is 13.6. The third kappa shape index (κ3) is 3.75. The second kappa shape index (κ2) is 8.71. The molecule has 6 aromatic carbocycles. The first-order valence-electron chi connectivity index (χ1n) is 13.7. The average molecular weight is 489 g/mol. The molecule has 38 heavy (non-hydrogen) atoms. The number of allylic oxidation sites excluding steroid dienone is 1. The second-order valence-electron chi connectivity index (χ2n) is 11.7. The van der Waals surface area contributed by atoms with Crippen molar-refractivity contribution in [1.29, 1.82) is 0 Å². The summed E-state index contributed by atoms with van der Waals surface area (Å²) < 4.78 is 0. The van der Waals surface area contributed by atoms with Crippen LogP contribution in [0.3, 0.4) is 0 Å². The Labute approximate surface area is 225 Å². The molecule has 0 radical (unpaired) electrons. The van der Waals surface area contributed by atoms with Crippen LogP contribution in [0.4, 0.5) is 0 Å². The molecule has 0 aromatic heterocycles. The van der Waals surface area contributed by atoms with Gasteiger partial charge in [-0.3, -0.25) is 0 Å². The number of benzene rings is 6. The molecule has 184 valence electrons. The first-order valence-corrected chi connectivity index (χ1v) is 13.7. The molecule has 0 atom stereocenters. The number of hydrogen-bond donors (Lipinski definition) is 0. The van der Waals surface area contributed by atoms with Gasteiger partial charge in [0.15, 0.2) is 0 Å². The topological polar surface area (TPSA) is 0 Å². The van der Waals surface area contributed by atoms with Crippen LogP contribution in [-0.2, 0) is 11.8 Å². The Kier molecular flexibility index (Phi) is 5.27. The van der Waals surface area contributed by atoms with Gasteiger partial charge in [-0.2, -0.15) is 0 Å². The summed E-state index contributed by atoms with van der Waals surface area (Å²) in [4.78, 5) is 0. The molecule has 1 aliphatic rings. The molecule has 0 heterocycles. The summed E-state index contributed by atoms with van der Waals surface area (Å²) in [6.45, 7) is 6.94. The second-order valence-corrected chi connectivity index (χ2v) is 11.7. The van der Waals surface area contributed by atoms with Crippen LogP contribution in [-0.4, -0.2) is 0 Å². The molecule has 0 heteroatoms. The van der Waals surface area contributed by atoms with Crippen LogP contribution in [0.2, 0.25) is 0 Å². The van der Waals surface area contributed by atoms with Crippen LogP contribution in [0.1, 0.15) is 49.4 Å². The Bertz CT molecular complexity index is 1890. The zero-order valence-corrected chi connectivity index (χ0v) is 22.4. The lowest BCUT2D eigenvalue weighted by atomic mass is 9.79. The quantitative estimate of drug-likeness (QED) is 0.213. The Hall–Kier alpha value is -4.16. The Balaban J connectivity index is 1.61. The molecule has 0 fully saturated rings. The van der Waals surface area contributed by atoms with Crippen molar-refractivity contribution in [3.05, 3.63) is 131 Å². The van der Waals surface area contributed by atoms with E-state index in [1.807, 2.05) is 0 Å². The SMILES string of the molecule is CC(C)(C)c1ccc2c(-c3ccc4ccccc4c3)c3ccccc3c(C3=Cc4ccccc4CC3)c2c1. The smallest absolute Gasteiger partial charge is 0.00262 e. The highest BCUT2D eigenvalue weighted by molar-refractivity contribution is 6.20. The van der Waals surface area contributed by atoms with Crippen LogP contribution < -0.4 is 0 Å². The lowest BCUT2D eigenvalue weighted by Crippen LogP contribution is -2.11. The fourth-order valence-electron chi connectivity index (χ4n) is 6.28. The van der Waals surface area contributed by atoms with Gasteiger partial charge >= 0.3 is 0 Å². The third-order valence-electron chi connectivity index (χ3n) is 8.30. The van der Waals surface area contributed by atoms with Gasteiger partial charge in [0.1, 0.15) is 0 Å². The molecule has 6 aromatic rings. The van der Waals surface area contributed by atoms with Gasteiger partial charge in [-0.1, -0.05) is 124 Å². The van der Waals surface area contributed by atoms with Crippen LogP contribution in [0, 0.1) is 0 Å². The van der Waals surface area contributed by atoms with Gasteiger partial charge in [0.2, 0.25) is 0 Å². The molecule has 0 amide bonds. The maximum Gasteiger partial charge on any atom is -0.00262 e. The number of rotatable bonds is 2. The highest BCUT2D eigenvalue weighted by atomic mass is 14.3. The molecule has 0 bridgehead atoms. The molecule has 0 aliphatic heterocycles. The summed E-state index contributed by atoms with van der Waals surface area (Å²) in [5.74, 6) is 0. The summed E-state index contributed by atoms with van der Waals surface area (Å²) in [5, 5.41) is 7.94. The predicted octanol–water partition coefficient (Wildman–Crippen LogP) is 10.6. The lowest BCUT2D eigenvalue weighted by molar-refractivity contribution is 0.591. The molecule has 0 nitrogen and oxygen atoms in total. The van der Waals surface area contributed by atoms with Crippen molar-refractivity contribution < 1.29 is 0 Å². The van der Waals surface area contributed by atoms with E-state index in [4.69, 9.17) is 0 Å². The third-order valence-corrected chi connectivity index (χ3v) is 8.30. The minimum Gasteiger partial charge on any atom is -0.0620 e. The lowest BCUT2D eigenvalue weighted by Gasteiger charge is -2.25. The van der Waals surface area contributed by atoms with Crippen LogP contribution in [0.25, 0.3) is 55.1 Å². The maximum atomic E-state index is 2.48. The zero-order chi connectivity index (χ0) is 25.9. The highest BCUT2D eigenvalue weighted by Crippen LogP contribution is 2.45. The molecular weight excluding hydrogens is 456 g/mol. The van der Waals surface area contributed by atoms with Crippen LogP contribution in [0.15, 0.2) is 109 Å². The van der Waals surface area contributed by atoms with Crippen molar-refractivity contribution >= 4 is 44.0 Å². The van der Waals surface area contributed by atoms with E-state index in [0.29, 0.717) is 0 Å². The summed E-state index contributed by atoms with van der Waals surface area (Å²) in [5.41, 5.74) is 9.73. The Morgan fingerprint density at radius 2 is 1.21 bits per heavy atom. The minimum absolute atomic E-state index is 0.0771. The minimum atomic E-state index is 0.0771. The van der Waals surface area contributed by atoms with Gasteiger partial charge in [-0.15, -0.1) is 0 Å². The fraction of sp³-hybridized carbons (Fsp3) is 0.158. The molecule has 7 rings (SSSR count). The molecule has 0 saturated heterocycles. The summed E-state index contributed by atoms with van der Waals surface area (Å²) in [6, 6.07) is 40.7. The first-order chi connectivity index (χ1) is 18.5. The number of fused-ring (bicyclic) bond motifs is 4. The largest absolute Gasteiger partial charge is 0.0620 e. The van der Waals surface area contributed by atoms with E-state index in [2.05, 4.69) is 136 Å². The summed E-state index contributed by atoms with van der Waals surface area (Å²) >= 11 is 0. The number of hydrogen-bond acceptors (Lipinski definition) is 0. The van der Waals surface area contributed by atoms with Gasteiger partial charge in [-0.05, 0) is 102 Å². The van der Waals surface area contributed by atoms with E-state index in [-0.39, 0.29) is 5.41 Å². The predicted molar refractivity (Wildman–Crippen MR) is 166 cm³/mol. The Morgan fingerprint density at radius 3 is 2.03 bits per heavy atom. The van der Waals surface area contributed by atoms with Gasteiger partial charge in [0.05, 0.1) is 0 Å². The monoisotopic (exact) mass is 488 g/mol. The fourth-order valence-corrected chi connectivity index (χ4v) is 6.28. The molecule has 0 saturated carbocycles. The van der Waals surface area contributed by atoms with Crippen LogP contribution >= 0.6 is 0 Å². The molecule has 0 N–H and O–H groups in total. The average Bonchev–Trinajstić information content (AvgIpc) is 2.94. The van der Waals surface area contributed by atoms with E-state index in [9.17, 15) is 0 Å². The van der Waals surface area contributed by atoms with Crippen molar-refractivity contribution in [2.45, 2.75) is 39.0 Å². The van der Waals surface area contributed by atoms with Crippen molar-refractivity contribution in [1.82, 2.24) is 0 Å². The summed E-state index contributed by atoms with van der Waals surface area (Å²) in [6.07, 6.45) is 4.59. The van der Waals surface area contributed by atoms with E-state index in [1.165, 1.54) is 71.3 Å². The van der Waals surface area contributed by atoms with Gasteiger partial charge < -0.3 is 0 Å². The van der Waals surface area contributed by atoms with Gasteiger partial charge in [0.25, 0.3) is 0 Å². The standard InChI is InChI=1S/C38H32/c1-38(2,3)31-20-21-34-35(24-31)37(30-19-17-26-11-5-7-13-28(26)23-30)33-15-9-8-14-32(33)36(34)29-18-16-25-10-4-6-12-27(25)22-29/h4-16,18,20-24H,17,19H2,1-3H3. The van der Waals surface area contributed by atoms with E-state index in [0.717, 1.165) is 12.8 Å². The highest BCUT2D eigenvalue weighted by Gasteiger charge is 2.22. The maximum absolute atomic E-state index is 2.48. The summed E-state index contributed by atoms with van der Waals surface area (Å²) in [7, 11) is 0.